The molecule has 1 aliphatic carbocycles. The molecule has 0 saturated heterocycles. The molecule has 0 unspecified atom stereocenters. The van der Waals surface area contributed by atoms with Crippen molar-refractivity contribution in [2.75, 3.05) is 9.71 Å². The lowest BCUT2D eigenvalue weighted by molar-refractivity contribution is 0.332. The Morgan fingerprint density at radius 3 is 2.02 bits per heavy atom. The number of fused-ring (bicyclic) bond motifs is 11. The number of ether oxygens (including phenoxy) is 2. The van der Waals surface area contributed by atoms with Crippen molar-refractivity contribution in [1.29, 1.82) is 0 Å². The first kappa shape index (κ1) is 33.4. The second kappa shape index (κ2) is 11.0. The van der Waals surface area contributed by atoms with Gasteiger partial charge in [-0.1, -0.05) is 120 Å². The van der Waals surface area contributed by atoms with Gasteiger partial charge >= 0.3 is 6.85 Å². The van der Waals surface area contributed by atoms with E-state index in [0.717, 1.165) is 35.1 Å². The highest BCUT2D eigenvalue weighted by atomic mass is 28.3. The summed E-state index contributed by atoms with van der Waals surface area (Å²) >= 11 is 0. The average Bonchev–Trinajstić information content (AvgIpc) is 3.20. The van der Waals surface area contributed by atoms with Crippen LogP contribution in [0.3, 0.4) is 0 Å². The quantitative estimate of drug-likeness (QED) is 0.156. The fraction of sp³-hybridized carbons (Fsp3) is 0.216. The molecule has 5 aliphatic rings. The molecule has 278 valence electrons. The van der Waals surface area contributed by atoms with Crippen LogP contribution in [0.1, 0.15) is 57.2 Å². The second-order valence-electron chi connectivity index (χ2n) is 18.8. The first-order chi connectivity index (χ1) is 27.4. The zero-order valence-corrected chi connectivity index (χ0v) is 34.7. The molecule has 0 N–H and O–H groups in total. The van der Waals surface area contributed by atoms with Gasteiger partial charge in [0.05, 0.1) is 0 Å². The molecule has 12 rings (SSSR count). The molecule has 0 bridgehead atoms. The van der Waals surface area contributed by atoms with Crippen LogP contribution in [-0.4, -0.2) is 14.9 Å². The van der Waals surface area contributed by atoms with Gasteiger partial charge in [0.2, 0.25) is 0 Å². The van der Waals surface area contributed by atoms with Crippen molar-refractivity contribution < 1.29 is 9.47 Å². The van der Waals surface area contributed by atoms with Gasteiger partial charge in [0, 0.05) is 40.1 Å². The highest BCUT2D eigenvalue weighted by Gasteiger charge is 2.51. The van der Waals surface area contributed by atoms with E-state index in [2.05, 4.69) is 154 Å². The number of hydrogen-bond donors (Lipinski definition) is 0. The largest absolute Gasteiger partial charge is 0.450 e. The van der Waals surface area contributed by atoms with E-state index in [1.807, 2.05) is 24.3 Å². The molecule has 4 nitrogen and oxygen atoms in total. The lowest BCUT2D eigenvalue weighted by Gasteiger charge is -2.51. The maximum Gasteiger partial charge on any atom is 0.333 e. The van der Waals surface area contributed by atoms with Crippen molar-refractivity contribution in [2.24, 2.45) is 0 Å². The Balaban J connectivity index is 1.23. The molecule has 0 amide bonds. The van der Waals surface area contributed by atoms with Crippen molar-refractivity contribution in [3.8, 4) is 34.1 Å². The minimum absolute atomic E-state index is 0.0529. The number of benzene rings is 7. The molecular weight excluding hydrogens is 711 g/mol. The van der Waals surface area contributed by atoms with Gasteiger partial charge in [-0.2, -0.15) is 0 Å². The summed E-state index contributed by atoms with van der Waals surface area (Å²) in [7, 11) is -2.08. The summed E-state index contributed by atoms with van der Waals surface area (Å²) in [4.78, 5) is 5.28. The Morgan fingerprint density at radius 2 is 1.25 bits per heavy atom. The van der Waals surface area contributed by atoms with Crippen molar-refractivity contribution in [3.63, 3.8) is 0 Å². The van der Waals surface area contributed by atoms with E-state index in [1.54, 1.807) is 0 Å². The van der Waals surface area contributed by atoms with Crippen LogP contribution in [0.5, 0.6) is 23.0 Å². The van der Waals surface area contributed by atoms with Crippen LogP contribution in [0.25, 0.3) is 21.9 Å². The SMILES string of the molecule is Cc1cc2c(cc1N1c3cc4c(cc3B3c5c1cc1ccccc1c5-c1cccc5c1N3c1ccccc1[Si]5(C)C)Oc1ccccc1O4)C(C)(C)CCC2(C)C. The Hall–Kier alpha value is -5.72. The molecule has 0 radical (unpaired) electrons. The number of nitrogens with zero attached hydrogens (tertiary/aromatic N) is 2. The monoisotopic (exact) mass is 756 g/mol. The topological polar surface area (TPSA) is 24.9 Å². The molecule has 4 aliphatic heterocycles. The van der Waals surface area contributed by atoms with Crippen LogP contribution in [0.15, 0.2) is 121 Å². The van der Waals surface area contributed by atoms with E-state index in [0.29, 0.717) is 0 Å². The van der Waals surface area contributed by atoms with Crippen LogP contribution in [0.4, 0.5) is 28.4 Å². The lowest BCUT2D eigenvalue weighted by Crippen LogP contribution is -2.68. The molecule has 7 aromatic carbocycles. The number of hydrogen-bond acceptors (Lipinski definition) is 4. The predicted octanol–water partition coefficient (Wildman–Crippen LogP) is 11.2. The summed E-state index contributed by atoms with van der Waals surface area (Å²) in [5.41, 5.74) is 15.9. The van der Waals surface area contributed by atoms with Gasteiger partial charge in [-0.25, -0.2) is 0 Å². The van der Waals surface area contributed by atoms with E-state index in [1.165, 1.54) is 89.1 Å². The molecule has 0 saturated carbocycles. The maximum absolute atomic E-state index is 6.76. The average molecular weight is 757 g/mol. The molecule has 6 heteroatoms. The van der Waals surface area contributed by atoms with E-state index in [4.69, 9.17) is 9.47 Å². The molecule has 0 atom stereocenters. The predicted molar refractivity (Wildman–Crippen MR) is 241 cm³/mol. The van der Waals surface area contributed by atoms with Gasteiger partial charge in [0.25, 0.3) is 0 Å². The van der Waals surface area contributed by atoms with Gasteiger partial charge in [-0.3, -0.25) is 0 Å². The highest BCUT2D eigenvalue weighted by molar-refractivity contribution is 7.05. The van der Waals surface area contributed by atoms with Crippen molar-refractivity contribution in [2.45, 2.75) is 71.4 Å². The standard InChI is InChI=1S/C51H45BN2O2Si/c1-30-25-34-35(51(4,5)24-23-50(34,2)3)27-38(30)53-39-29-44-43(55-41-19-11-12-20-42(41)56-44)28-36(39)52-48-40(53)26-31-15-8-9-16-32(31)47(48)33-17-14-22-46-49(33)54(52)37-18-10-13-21-45(37)57(46,6)7/h8-22,25-29H,23-24H2,1-7H3. The Labute approximate surface area is 336 Å². The van der Waals surface area contributed by atoms with E-state index in [9.17, 15) is 0 Å². The molecule has 0 aromatic heterocycles. The Bertz CT molecular complexity index is 2950. The van der Waals surface area contributed by atoms with Crippen LogP contribution in [0, 0.1) is 6.92 Å². The first-order valence-electron chi connectivity index (χ1n) is 20.6. The Kier molecular flexibility index (Phi) is 6.46. The minimum atomic E-state index is -2.08. The summed E-state index contributed by atoms with van der Waals surface area (Å²) in [5, 5.41) is 5.52. The van der Waals surface area contributed by atoms with Gasteiger partial charge in [0.1, 0.15) is 8.07 Å². The fourth-order valence-corrected chi connectivity index (χ4v) is 14.1. The van der Waals surface area contributed by atoms with Crippen LogP contribution in [-0.2, 0) is 10.8 Å². The molecule has 4 heterocycles. The molecular formula is C51H45BN2O2Si. The molecule has 57 heavy (non-hydrogen) atoms. The van der Waals surface area contributed by atoms with Gasteiger partial charge < -0.3 is 19.2 Å². The van der Waals surface area contributed by atoms with Crippen molar-refractivity contribution in [3.05, 3.63) is 138 Å². The van der Waals surface area contributed by atoms with Gasteiger partial charge in [-0.05, 0) is 121 Å². The third kappa shape index (κ3) is 4.34. The smallest absolute Gasteiger partial charge is 0.333 e. The number of aryl methyl sites for hydroxylation is 1. The molecule has 7 aromatic rings. The number of para-hydroxylation sites is 4. The third-order valence-electron chi connectivity index (χ3n) is 14.2. The summed E-state index contributed by atoms with van der Waals surface area (Å²) in [5.74, 6) is 2.97. The maximum atomic E-state index is 6.76. The second-order valence-corrected chi connectivity index (χ2v) is 23.1. The normalized spacial score (nSPS) is 17.8. The van der Waals surface area contributed by atoms with E-state index in [-0.39, 0.29) is 17.7 Å². The lowest BCUT2D eigenvalue weighted by atomic mass is 9.43. The third-order valence-corrected chi connectivity index (χ3v) is 17.7. The zero-order chi connectivity index (χ0) is 38.7. The number of rotatable bonds is 1. The Morgan fingerprint density at radius 1 is 0.596 bits per heavy atom. The summed E-state index contributed by atoms with van der Waals surface area (Å²) in [6.07, 6.45) is 2.34. The van der Waals surface area contributed by atoms with Crippen molar-refractivity contribution >= 4 is 75.4 Å². The molecule has 0 fully saturated rings. The van der Waals surface area contributed by atoms with Crippen LogP contribution in [0.2, 0.25) is 13.1 Å². The summed E-state index contributed by atoms with van der Waals surface area (Å²) < 4.78 is 13.5. The van der Waals surface area contributed by atoms with E-state index >= 15 is 0 Å². The van der Waals surface area contributed by atoms with E-state index < -0.39 is 8.07 Å². The minimum Gasteiger partial charge on any atom is -0.450 e. The van der Waals surface area contributed by atoms with Gasteiger partial charge in [-0.15, -0.1) is 0 Å². The summed E-state index contributed by atoms with van der Waals surface area (Å²) in [6.45, 7) is 17.0. The first-order valence-corrected chi connectivity index (χ1v) is 23.6. The van der Waals surface area contributed by atoms with Crippen LogP contribution < -0.4 is 40.5 Å². The zero-order valence-electron chi connectivity index (χ0n) is 33.7. The summed E-state index contributed by atoms with van der Waals surface area (Å²) in [6, 6.07) is 45.5. The number of anilines is 5. The molecule has 0 spiro atoms. The fourth-order valence-electron chi connectivity index (χ4n) is 11.1. The van der Waals surface area contributed by atoms with Crippen LogP contribution >= 0.6 is 0 Å². The highest BCUT2D eigenvalue weighted by Crippen LogP contribution is 2.55. The van der Waals surface area contributed by atoms with Gasteiger partial charge in [0.15, 0.2) is 23.0 Å². The van der Waals surface area contributed by atoms with Crippen molar-refractivity contribution in [1.82, 2.24) is 0 Å².